The summed E-state index contributed by atoms with van der Waals surface area (Å²) in [4.78, 5) is 0. The van der Waals surface area contributed by atoms with Gasteiger partial charge in [-0.3, -0.25) is 0 Å². The Labute approximate surface area is 54.4 Å². The third-order valence-corrected chi connectivity index (χ3v) is 3.06. The van der Waals surface area contributed by atoms with Gasteiger partial charge in [0.05, 0.1) is 0 Å². The fourth-order valence-corrected chi connectivity index (χ4v) is 2.89. The van der Waals surface area contributed by atoms with Gasteiger partial charge in [0, 0.05) is 0 Å². The van der Waals surface area contributed by atoms with Crippen molar-refractivity contribution < 1.29 is 0 Å². The molecule has 0 aromatic heterocycles. The highest BCUT2D eigenvalue weighted by Gasteiger charge is 1.89. The van der Waals surface area contributed by atoms with E-state index in [4.69, 9.17) is 0 Å². The molecular weight excluding hydrogens is 199 g/mol. The van der Waals surface area contributed by atoms with Crippen LogP contribution < -0.4 is 0 Å². The van der Waals surface area contributed by atoms with Crippen LogP contribution in [0, 0.1) is 0 Å². The standard InChI is InChI=1S/C6H9I/c1-6-2-4-7-5-3-6/h2,4H,3,5H2,1H3. The highest BCUT2D eigenvalue weighted by Crippen LogP contribution is 2.11. The number of halogens is 1. The molecule has 1 aliphatic rings. The number of hydrogen-bond acceptors (Lipinski definition) is 0. The second kappa shape index (κ2) is 2.60. The van der Waals surface area contributed by atoms with Crippen LogP contribution in [0.15, 0.2) is 11.6 Å². The van der Waals surface area contributed by atoms with Crippen molar-refractivity contribution in [2.24, 2.45) is 0 Å². The van der Waals surface area contributed by atoms with Gasteiger partial charge in [-0.1, -0.05) is 11.6 Å². The molecule has 0 spiro atoms. The lowest BCUT2D eigenvalue weighted by molar-refractivity contribution is 1.14. The van der Waals surface area contributed by atoms with Gasteiger partial charge >= 0.3 is 0 Å². The molecule has 0 aromatic rings. The van der Waals surface area contributed by atoms with Crippen molar-refractivity contribution in [1.82, 2.24) is 0 Å². The molecule has 1 rings (SSSR count). The first-order valence-electron chi connectivity index (χ1n) is 2.46. The van der Waals surface area contributed by atoms with E-state index in [0.29, 0.717) is 20.7 Å². The zero-order valence-corrected chi connectivity index (χ0v) is 6.60. The summed E-state index contributed by atoms with van der Waals surface area (Å²) in [5.74, 6) is 0. The normalized spacial score (nSPS) is 20.4. The summed E-state index contributed by atoms with van der Waals surface area (Å²) in [6.45, 7) is 2.21. The summed E-state index contributed by atoms with van der Waals surface area (Å²) < 4.78 is 3.83. The SMILES string of the molecule is CC1=CC=ICC1. The maximum Gasteiger partial charge on any atom is -0.00151 e. The molecule has 0 unspecified atom stereocenters. The van der Waals surface area contributed by atoms with Crippen LogP contribution in [0.2, 0.25) is 0 Å². The van der Waals surface area contributed by atoms with Crippen LogP contribution in [0.1, 0.15) is 13.3 Å². The molecule has 0 saturated heterocycles. The van der Waals surface area contributed by atoms with Gasteiger partial charge in [0.15, 0.2) is 0 Å². The molecule has 0 N–H and O–H groups in total. The van der Waals surface area contributed by atoms with E-state index in [0.717, 1.165) is 0 Å². The van der Waals surface area contributed by atoms with Crippen LogP contribution in [0.5, 0.6) is 0 Å². The lowest BCUT2D eigenvalue weighted by Crippen LogP contribution is -1.83. The van der Waals surface area contributed by atoms with Crippen molar-refractivity contribution in [1.29, 1.82) is 0 Å². The first-order chi connectivity index (χ1) is 3.39. The lowest BCUT2D eigenvalue weighted by atomic mass is 10.2. The molecule has 7 heavy (non-hydrogen) atoms. The van der Waals surface area contributed by atoms with Crippen LogP contribution in [0.3, 0.4) is 0 Å². The molecule has 0 radical (unpaired) electrons. The predicted molar refractivity (Wildman–Crippen MR) is 43.3 cm³/mol. The largest absolute Gasteiger partial charge is 0.122 e. The number of rotatable bonds is 0. The quantitative estimate of drug-likeness (QED) is 0.422. The Kier molecular flexibility index (Phi) is 2.03. The van der Waals surface area contributed by atoms with Gasteiger partial charge in [0.1, 0.15) is 0 Å². The monoisotopic (exact) mass is 208 g/mol. The van der Waals surface area contributed by atoms with Crippen LogP contribution in [0.25, 0.3) is 0 Å². The molecule has 0 aliphatic carbocycles. The van der Waals surface area contributed by atoms with Gasteiger partial charge in [0.25, 0.3) is 0 Å². The molecule has 1 heterocycles. The van der Waals surface area contributed by atoms with E-state index in [-0.39, 0.29) is 0 Å². The van der Waals surface area contributed by atoms with Crippen molar-refractivity contribution in [3.63, 3.8) is 0 Å². The Bertz CT molecular complexity index is 111. The average Bonchev–Trinajstić information content (AvgIpc) is 1.69. The number of allylic oxidation sites excluding steroid dienone is 2. The molecule has 40 valence electrons. The van der Waals surface area contributed by atoms with Gasteiger partial charge in [-0.25, -0.2) is 0 Å². The Morgan fingerprint density at radius 3 is 2.86 bits per heavy atom. The molecule has 0 saturated carbocycles. The Hall–Kier alpha value is 0.340. The van der Waals surface area contributed by atoms with E-state index in [1.165, 1.54) is 10.8 Å². The van der Waals surface area contributed by atoms with Crippen LogP contribution in [-0.2, 0) is 0 Å². The first-order valence-corrected chi connectivity index (χ1v) is 5.23. The van der Waals surface area contributed by atoms with Crippen LogP contribution in [0.4, 0.5) is 0 Å². The van der Waals surface area contributed by atoms with E-state index < -0.39 is 0 Å². The second-order valence-corrected chi connectivity index (χ2v) is 4.41. The molecule has 1 heteroatoms. The Morgan fingerprint density at radius 1 is 1.71 bits per heavy atom. The van der Waals surface area contributed by atoms with E-state index in [1.807, 2.05) is 0 Å². The molecule has 1 aliphatic heterocycles. The van der Waals surface area contributed by atoms with Crippen molar-refractivity contribution in [3.8, 4) is 0 Å². The summed E-state index contributed by atoms with van der Waals surface area (Å²) in [5, 5.41) is 0. The van der Waals surface area contributed by atoms with Gasteiger partial charge in [0.2, 0.25) is 0 Å². The third-order valence-electron chi connectivity index (χ3n) is 1.03. The third kappa shape index (κ3) is 1.72. The number of alkyl halides is 1. The van der Waals surface area contributed by atoms with Crippen molar-refractivity contribution in [2.45, 2.75) is 13.3 Å². The van der Waals surface area contributed by atoms with E-state index in [2.05, 4.69) is 17.0 Å². The average molecular weight is 208 g/mol. The smallest absolute Gasteiger partial charge is 0.00151 e. The van der Waals surface area contributed by atoms with Crippen molar-refractivity contribution in [2.75, 3.05) is 4.43 Å². The zero-order chi connectivity index (χ0) is 5.11. The highest BCUT2D eigenvalue weighted by atomic mass is 127. The maximum atomic E-state index is 2.36. The van der Waals surface area contributed by atoms with Crippen molar-refractivity contribution >= 4 is 24.7 Å². The minimum atomic E-state index is 0.486. The Balaban J connectivity index is 2.57. The molecule has 0 amide bonds. The number of hydrogen-bond donors (Lipinski definition) is 0. The molecular formula is C6H9I. The molecule has 0 bridgehead atoms. The van der Waals surface area contributed by atoms with Crippen LogP contribution in [-0.4, -0.2) is 8.44 Å². The minimum Gasteiger partial charge on any atom is -0.122 e. The molecule has 0 fully saturated rings. The molecule has 0 atom stereocenters. The minimum absolute atomic E-state index is 0.486. The summed E-state index contributed by atoms with van der Waals surface area (Å²) in [7, 11) is 0. The lowest BCUT2D eigenvalue weighted by Gasteiger charge is -1.98. The molecule has 0 aromatic carbocycles. The summed E-state index contributed by atoms with van der Waals surface area (Å²) >= 11 is 0.486. The van der Waals surface area contributed by atoms with Gasteiger partial charge in [-0.2, -0.15) is 0 Å². The highest BCUT2D eigenvalue weighted by molar-refractivity contribution is 14.2. The van der Waals surface area contributed by atoms with Crippen LogP contribution >= 0.6 is 20.7 Å². The van der Waals surface area contributed by atoms with E-state index in [1.54, 1.807) is 5.57 Å². The zero-order valence-electron chi connectivity index (χ0n) is 4.45. The Morgan fingerprint density at radius 2 is 2.57 bits per heavy atom. The first kappa shape index (κ1) is 5.48. The van der Waals surface area contributed by atoms with Gasteiger partial charge in [-0.15, -0.1) is 20.7 Å². The predicted octanol–water partition coefficient (Wildman–Crippen LogP) is 2.11. The summed E-state index contributed by atoms with van der Waals surface area (Å²) in [6, 6.07) is 0. The van der Waals surface area contributed by atoms with Gasteiger partial charge in [-0.05, 0) is 21.8 Å². The fourth-order valence-electron chi connectivity index (χ4n) is 0.502. The summed E-state index contributed by atoms with van der Waals surface area (Å²) in [6.07, 6.45) is 3.64. The van der Waals surface area contributed by atoms with Crippen molar-refractivity contribution in [3.05, 3.63) is 11.6 Å². The fraction of sp³-hybridized carbons (Fsp3) is 0.500. The second-order valence-electron chi connectivity index (χ2n) is 1.73. The maximum absolute atomic E-state index is 2.36. The van der Waals surface area contributed by atoms with E-state index >= 15 is 0 Å². The van der Waals surface area contributed by atoms with Gasteiger partial charge < -0.3 is 0 Å². The van der Waals surface area contributed by atoms with E-state index in [9.17, 15) is 0 Å². The topological polar surface area (TPSA) is 0 Å². The molecule has 0 nitrogen and oxygen atoms in total. The summed E-state index contributed by atoms with van der Waals surface area (Å²) in [5.41, 5.74) is 1.56.